The normalized spacial score (nSPS) is 10.5. The molecule has 0 bridgehead atoms. The summed E-state index contributed by atoms with van der Waals surface area (Å²) in [4.78, 5) is 23.1. The van der Waals surface area contributed by atoms with Crippen LogP contribution in [0.1, 0.15) is 29.8 Å². The van der Waals surface area contributed by atoms with Crippen molar-refractivity contribution in [3.05, 3.63) is 65.7 Å². The number of hydrogen-bond acceptors (Lipinski definition) is 3. The second-order valence-corrected chi connectivity index (χ2v) is 4.96. The van der Waals surface area contributed by atoms with E-state index in [1.165, 1.54) is 13.0 Å². The van der Waals surface area contributed by atoms with Gasteiger partial charge in [0.25, 0.3) is 0 Å². The molecule has 2 aromatic carbocycles. The molecule has 0 saturated carbocycles. The molecule has 0 fully saturated rings. The van der Waals surface area contributed by atoms with Crippen LogP contribution >= 0.6 is 0 Å². The maximum Gasteiger partial charge on any atom is 0.248 e. The molecule has 0 atom stereocenters. The van der Waals surface area contributed by atoms with E-state index in [9.17, 15) is 9.59 Å². The van der Waals surface area contributed by atoms with Crippen molar-refractivity contribution in [2.45, 2.75) is 13.8 Å². The van der Waals surface area contributed by atoms with E-state index in [2.05, 4.69) is 5.32 Å². The zero-order valence-electron chi connectivity index (χ0n) is 13.2. The molecule has 0 radical (unpaired) electrons. The van der Waals surface area contributed by atoms with E-state index in [4.69, 9.17) is 4.74 Å². The Balaban J connectivity index is 1.94. The first-order valence-electron chi connectivity index (χ1n) is 7.41. The summed E-state index contributed by atoms with van der Waals surface area (Å²) >= 11 is 0. The molecule has 0 saturated heterocycles. The smallest absolute Gasteiger partial charge is 0.248 e. The van der Waals surface area contributed by atoms with E-state index in [1.54, 1.807) is 30.3 Å². The van der Waals surface area contributed by atoms with Crippen molar-refractivity contribution in [2.75, 3.05) is 11.9 Å². The van der Waals surface area contributed by atoms with Crippen molar-refractivity contribution >= 4 is 23.5 Å². The third-order valence-corrected chi connectivity index (χ3v) is 3.18. The SMILES string of the molecule is CCOc1ccc(C=CC(=O)Nc2ccc(C(C)=O)cc2)cc1. The Bertz CT molecular complexity index is 700. The number of carbonyl (C=O) groups excluding carboxylic acids is 2. The number of ketones is 1. The third-order valence-electron chi connectivity index (χ3n) is 3.18. The zero-order chi connectivity index (χ0) is 16.7. The average Bonchev–Trinajstić information content (AvgIpc) is 2.55. The first kappa shape index (κ1) is 16.5. The Morgan fingerprint density at radius 1 is 1.04 bits per heavy atom. The van der Waals surface area contributed by atoms with Gasteiger partial charge in [-0.05, 0) is 61.9 Å². The molecule has 1 N–H and O–H groups in total. The van der Waals surface area contributed by atoms with Gasteiger partial charge in [0.15, 0.2) is 5.78 Å². The number of ether oxygens (including phenoxy) is 1. The van der Waals surface area contributed by atoms with Crippen LogP contribution in [0.3, 0.4) is 0 Å². The Morgan fingerprint density at radius 2 is 1.70 bits per heavy atom. The van der Waals surface area contributed by atoms with Crippen LogP contribution in [0, 0.1) is 0 Å². The monoisotopic (exact) mass is 309 g/mol. The summed E-state index contributed by atoms with van der Waals surface area (Å²) in [5, 5.41) is 2.75. The molecular formula is C19H19NO3. The van der Waals surface area contributed by atoms with Gasteiger partial charge in [0.2, 0.25) is 5.91 Å². The molecule has 0 heterocycles. The van der Waals surface area contributed by atoms with Gasteiger partial charge in [0.1, 0.15) is 5.75 Å². The minimum absolute atomic E-state index is 0.00160. The predicted octanol–water partition coefficient (Wildman–Crippen LogP) is 3.94. The van der Waals surface area contributed by atoms with Gasteiger partial charge in [-0.2, -0.15) is 0 Å². The second kappa shape index (κ2) is 7.94. The molecule has 2 aromatic rings. The van der Waals surface area contributed by atoms with Crippen molar-refractivity contribution in [2.24, 2.45) is 0 Å². The van der Waals surface area contributed by atoms with Crippen LogP contribution in [0.25, 0.3) is 6.08 Å². The number of anilines is 1. The van der Waals surface area contributed by atoms with Crippen LogP contribution < -0.4 is 10.1 Å². The Morgan fingerprint density at radius 3 is 2.26 bits per heavy atom. The first-order valence-corrected chi connectivity index (χ1v) is 7.41. The Hall–Kier alpha value is -2.88. The lowest BCUT2D eigenvalue weighted by molar-refractivity contribution is -0.111. The lowest BCUT2D eigenvalue weighted by Gasteiger charge is -2.03. The number of rotatable bonds is 6. The molecule has 0 aliphatic heterocycles. The lowest BCUT2D eigenvalue weighted by atomic mass is 10.1. The quantitative estimate of drug-likeness (QED) is 0.649. The Labute approximate surface area is 135 Å². The maximum atomic E-state index is 11.9. The standard InChI is InChI=1S/C19H19NO3/c1-3-23-18-11-4-15(5-12-18)6-13-19(22)20-17-9-7-16(8-10-17)14(2)21/h4-13H,3H2,1-2H3,(H,20,22). The topological polar surface area (TPSA) is 55.4 Å². The summed E-state index contributed by atoms with van der Waals surface area (Å²) in [5.74, 6) is 0.576. The summed E-state index contributed by atoms with van der Waals surface area (Å²) in [6.07, 6.45) is 3.20. The molecule has 1 amide bonds. The highest BCUT2D eigenvalue weighted by molar-refractivity contribution is 6.02. The fraction of sp³-hybridized carbons (Fsp3) is 0.158. The van der Waals surface area contributed by atoms with Crippen LogP contribution in [0.15, 0.2) is 54.6 Å². The van der Waals surface area contributed by atoms with Crippen LogP contribution in [-0.4, -0.2) is 18.3 Å². The van der Waals surface area contributed by atoms with Crippen molar-refractivity contribution in [3.63, 3.8) is 0 Å². The average molecular weight is 309 g/mol. The minimum Gasteiger partial charge on any atom is -0.494 e. The molecule has 118 valence electrons. The molecule has 4 heteroatoms. The zero-order valence-corrected chi connectivity index (χ0v) is 13.2. The molecule has 2 rings (SSSR count). The van der Waals surface area contributed by atoms with Crippen molar-refractivity contribution in [1.29, 1.82) is 0 Å². The Kier molecular flexibility index (Phi) is 5.69. The highest BCUT2D eigenvalue weighted by Crippen LogP contribution is 2.13. The van der Waals surface area contributed by atoms with Gasteiger partial charge < -0.3 is 10.1 Å². The van der Waals surface area contributed by atoms with Gasteiger partial charge in [0, 0.05) is 17.3 Å². The molecular weight excluding hydrogens is 290 g/mol. The number of benzene rings is 2. The largest absolute Gasteiger partial charge is 0.494 e. The van der Waals surface area contributed by atoms with E-state index in [0.717, 1.165) is 11.3 Å². The van der Waals surface area contributed by atoms with Crippen molar-refractivity contribution in [3.8, 4) is 5.75 Å². The van der Waals surface area contributed by atoms with Crippen LogP contribution in [0.4, 0.5) is 5.69 Å². The van der Waals surface area contributed by atoms with E-state index in [-0.39, 0.29) is 11.7 Å². The molecule has 0 spiro atoms. The van der Waals surface area contributed by atoms with Crippen LogP contribution in [0.2, 0.25) is 0 Å². The van der Waals surface area contributed by atoms with Gasteiger partial charge in [0.05, 0.1) is 6.61 Å². The summed E-state index contributed by atoms with van der Waals surface area (Å²) < 4.78 is 5.36. The van der Waals surface area contributed by atoms with Gasteiger partial charge in [-0.3, -0.25) is 9.59 Å². The highest BCUT2D eigenvalue weighted by Gasteiger charge is 2.01. The number of amides is 1. The fourth-order valence-corrected chi connectivity index (χ4v) is 1.99. The van der Waals surface area contributed by atoms with E-state index in [1.807, 2.05) is 31.2 Å². The van der Waals surface area contributed by atoms with Gasteiger partial charge in [-0.15, -0.1) is 0 Å². The van der Waals surface area contributed by atoms with Crippen LogP contribution in [0.5, 0.6) is 5.75 Å². The summed E-state index contributed by atoms with van der Waals surface area (Å²) in [7, 11) is 0. The predicted molar refractivity (Wildman–Crippen MR) is 91.7 cm³/mol. The van der Waals surface area contributed by atoms with Gasteiger partial charge >= 0.3 is 0 Å². The first-order chi connectivity index (χ1) is 11.1. The van der Waals surface area contributed by atoms with Crippen molar-refractivity contribution in [1.82, 2.24) is 0 Å². The number of carbonyl (C=O) groups is 2. The summed E-state index contributed by atoms with van der Waals surface area (Å²) in [6.45, 7) is 4.06. The van der Waals surface area contributed by atoms with Crippen LogP contribution in [-0.2, 0) is 4.79 Å². The highest BCUT2D eigenvalue weighted by atomic mass is 16.5. The molecule has 0 aliphatic rings. The molecule has 0 unspecified atom stereocenters. The molecule has 23 heavy (non-hydrogen) atoms. The summed E-state index contributed by atoms with van der Waals surface area (Å²) in [6, 6.07) is 14.3. The van der Waals surface area contributed by atoms with E-state index >= 15 is 0 Å². The molecule has 0 aromatic heterocycles. The fourth-order valence-electron chi connectivity index (χ4n) is 1.99. The van der Waals surface area contributed by atoms with E-state index < -0.39 is 0 Å². The number of Topliss-reactive ketones (excluding diaryl/α,β-unsaturated/α-hetero) is 1. The minimum atomic E-state index is -0.227. The van der Waals surface area contributed by atoms with Gasteiger partial charge in [-0.25, -0.2) is 0 Å². The second-order valence-electron chi connectivity index (χ2n) is 4.96. The number of nitrogens with one attached hydrogen (secondary N) is 1. The van der Waals surface area contributed by atoms with Crippen molar-refractivity contribution < 1.29 is 14.3 Å². The maximum absolute atomic E-state index is 11.9. The lowest BCUT2D eigenvalue weighted by Crippen LogP contribution is -2.07. The molecule has 0 aliphatic carbocycles. The third kappa shape index (κ3) is 5.11. The summed E-state index contributed by atoms with van der Waals surface area (Å²) in [5.41, 5.74) is 2.18. The van der Waals surface area contributed by atoms with E-state index in [0.29, 0.717) is 17.9 Å². The molecule has 4 nitrogen and oxygen atoms in total. The number of hydrogen-bond donors (Lipinski definition) is 1. The van der Waals surface area contributed by atoms with Gasteiger partial charge in [-0.1, -0.05) is 12.1 Å².